The van der Waals surface area contributed by atoms with Crippen molar-refractivity contribution in [1.29, 1.82) is 5.26 Å². The average Bonchev–Trinajstić information content (AvgIpc) is 2.37. The predicted octanol–water partition coefficient (Wildman–Crippen LogP) is 2.27. The van der Waals surface area contributed by atoms with Crippen LogP contribution >= 0.6 is 0 Å². The molecule has 0 heterocycles. The Kier molecular flexibility index (Phi) is 5.72. The van der Waals surface area contributed by atoms with Crippen LogP contribution in [0.4, 0.5) is 8.78 Å². The molecule has 0 spiro atoms. The van der Waals surface area contributed by atoms with Crippen molar-refractivity contribution in [2.24, 2.45) is 0 Å². The molecule has 0 N–H and O–H groups in total. The summed E-state index contributed by atoms with van der Waals surface area (Å²) in [4.78, 5) is 11.5. The van der Waals surface area contributed by atoms with Crippen molar-refractivity contribution in [3.05, 3.63) is 23.3 Å². The van der Waals surface area contributed by atoms with Crippen molar-refractivity contribution in [1.82, 2.24) is 0 Å². The molecular weight excluding hydrogens is 272 g/mol. The van der Waals surface area contributed by atoms with E-state index in [0.29, 0.717) is 0 Å². The zero-order chi connectivity index (χ0) is 15.1. The van der Waals surface area contributed by atoms with Gasteiger partial charge in [-0.2, -0.15) is 14.0 Å². The number of hydrogen-bond acceptors (Lipinski definition) is 5. The SMILES string of the molecule is CCOC(=O)Cc1cc(C#N)cc(OC(F)F)c1OC. The minimum Gasteiger partial charge on any atom is -0.493 e. The van der Waals surface area contributed by atoms with E-state index in [1.807, 2.05) is 0 Å². The number of nitriles is 1. The van der Waals surface area contributed by atoms with E-state index in [1.54, 1.807) is 13.0 Å². The molecular formula is C13H13F2NO4. The molecule has 1 aromatic rings. The monoisotopic (exact) mass is 285 g/mol. The zero-order valence-corrected chi connectivity index (χ0v) is 11.0. The van der Waals surface area contributed by atoms with E-state index in [-0.39, 0.29) is 35.7 Å². The van der Waals surface area contributed by atoms with E-state index in [2.05, 4.69) is 4.74 Å². The fraction of sp³-hybridized carbons (Fsp3) is 0.385. The molecule has 0 atom stereocenters. The largest absolute Gasteiger partial charge is 0.493 e. The Morgan fingerprint density at radius 2 is 2.15 bits per heavy atom. The van der Waals surface area contributed by atoms with Gasteiger partial charge in [-0.3, -0.25) is 4.79 Å². The summed E-state index contributed by atoms with van der Waals surface area (Å²) in [6.07, 6.45) is -0.202. The number of carbonyl (C=O) groups excluding carboxylic acids is 1. The van der Waals surface area contributed by atoms with E-state index >= 15 is 0 Å². The number of esters is 1. The summed E-state index contributed by atoms with van der Waals surface area (Å²) in [5.74, 6) is -0.859. The predicted molar refractivity (Wildman–Crippen MR) is 64.7 cm³/mol. The molecule has 108 valence electrons. The topological polar surface area (TPSA) is 68.6 Å². The maximum absolute atomic E-state index is 12.3. The van der Waals surface area contributed by atoms with Gasteiger partial charge >= 0.3 is 12.6 Å². The number of carbonyl (C=O) groups is 1. The summed E-state index contributed by atoms with van der Waals surface area (Å²) >= 11 is 0. The first-order valence-electron chi connectivity index (χ1n) is 5.73. The van der Waals surface area contributed by atoms with E-state index in [0.717, 1.165) is 6.07 Å². The summed E-state index contributed by atoms with van der Waals surface area (Å²) in [6, 6.07) is 4.30. The highest BCUT2D eigenvalue weighted by Crippen LogP contribution is 2.34. The molecule has 0 aliphatic carbocycles. The summed E-state index contributed by atoms with van der Waals surface area (Å²) in [5, 5.41) is 8.87. The fourth-order valence-corrected chi connectivity index (χ4v) is 1.64. The Morgan fingerprint density at radius 3 is 2.65 bits per heavy atom. The van der Waals surface area contributed by atoms with Crippen molar-refractivity contribution in [2.45, 2.75) is 20.0 Å². The molecule has 0 aliphatic heterocycles. The van der Waals surface area contributed by atoms with Crippen molar-refractivity contribution in [3.8, 4) is 17.6 Å². The van der Waals surface area contributed by atoms with Gasteiger partial charge in [0.2, 0.25) is 0 Å². The maximum atomic E-state index is 12.3. The number of ether oxygens (including phenoxy) is 3. The number of benzene rings is 1. The fourth-order valence-electron chi connectivity index (χ4n) is 1.64. The van der Waals surface area contributed by atoms with Crippen LogP contribution in [-0.2, 0) is 16.0 Å². The molecule has 7 heteroatoms. The minimum atomic E-state index is -3.06. The van der Waals surface area contributed by atoms with E-state index < -0.39 is 12.6 Å². The Morgan fingerprint density at radius 1 is 1.45 bits per heavy atom. The third-order valence-electron chi connectivity index (χ3n) is 2.32. The molecule has 0 bridgehead atoms. The Labute approximate surface area is 114 Å². The van der Waals surface area contributed by atoms with Gasteiger partial charge in [-0.1, -0.05) is 0 Å². The number of alkyl halides is 2. The van der Waals surface area contributed by atoms with Crippen LogP contribution in [0.2, 0.25) is 0 Å². The zero-order valence-electron chi connectivity index (χ0n) is 11.0. The van der Waals surface area contributed by atoms with Gasteiger partial charge in [0.25, 0.3) is 0 Å². The molecule has 20 heavy (non-hydrogen) atoms. The van der Waals surface area contributed by atoms with Crippen LogP contribution in [-0.4, -0.2) is 26.3 Å². The van der Waals surface area contributed by atoms with Gasteiger partial charge < -0.3 is 14.2 Å². The number of hydrogen-bond donors (Lipinski definition) is 0. The van der Waals surface area contributed by atoms with E-state index in [9.17, 15) is 13.6 Å². The minimum absolute atomic E-state index is 0.0163. The smallest absolute Gasteiger partial charge is 0.387 e. The summed E-state index contributed by atoms with van der Waals surface area (Å²) in [7, 11) is 1.26. The number of methoxy groups -OCH3 is 1. The second-order valence-corrected chi connectivity index (χ2v) is 3.64. The quantitative estimate of drug-likeness (QED) is 0.750. The Balaban J connectivity index is 3.19. The lowest BCUT2D eigenvalue weighted by atomic mass is 10.1. The first kappa shape index (κ1) is 15.7. The van der Waals surface area contributed by atoms with Crippen LogP contribution in [0.25, 0.3) is 0 Å². The molecule has 0 amide bonds. The van der Waals surface area contributed by atoms with Gasteiger partial charge in [0, 0.05) is 11.6 Å². The lowest BCUT2D eigenvalue weighted by Gasteiger charge is -2.14. The maximum Gasteiger partial charge on any atom is 0.387 e. The molecule has 0 aromatic heterocycles. The van der Waals surface area contributed by atoms with Gasteiger partial charge in [0.15, 0.2) is 11.5 Å². The molecule has 0 saturated heterocycles. The van der Waals surface area contributed by atoms with Crippen LogP contribution < -0.4 is 9.47 Å². The van der Waals surface area contributed by atoms with Gasteiger partial charge in [0.1, 0.15) is 0 Å². The molecule has 0 fully saturated rings. The second-order valence-electron chi connectivity index (χ2n) is 3.64. The summed E-state index contributed by atoms with van der Waals surface area (Å²) in [6.45, 7) is -1.22. The highest BCUT2D eigenvalue weighted by Gasteiger charge is 2.18. The van der Waals surface area contributed by atoms with Gasteiger partial charge in [-0.05, 0) is 13.0 Å². The van der Waals surface area contributed by atoms with Crippen molar-refractivity contribution in [3.63, 3.8) is 0 Å². The Hall–Kier alpha value is -2.36. The van der Waals surface area contributed by atoms with Gasteiger partial charge in [0.05, 0.1) is 31.8 Å². The third kappa shape index (κ3) is 4.09. The number of halogens is 2. The van der Waals surface area contributed by atoms with E-state index in [1.165, 1.54) is 13.2 Å². The van der Waals surface area contributed by atoms with Crippen LogP contribution in [0.1, 0.15) is 18.1 Å². The number of rotatable bonds is 6. The highest BCUT2D eigenvalue weighted by atomic mass is 19.3. The van der Waals surface area contributed by atoms with Crippen LogP contribution in [0, 0.1) is 11.3 Å². The molecule has 0 unspecified atom stereocenters. The summed E-state index contributed by atoms with van der Waals surface area (Å²) in [5.41, 5.74) is 0.335. The van der Waals surface area contributed by atoms with Crippen molar-refractivity contribution >= 4 is 5.97 Å². The van der Waals surface area contributed by atoms with Crippen LogP contribution in [0.15, 0.2) is 12.1 Å². The lowest BCUT2D eigenvalue weighted by molar-refractivity contribution is -0.142. The molecule has 0 radical (unpaired) electrons. The molecule has 0 aliphatic rings. The number of nitrogens with zero attached hydrogens (tertiary/aromatic N) is 1. The standard InChI is InChI=1S/C13H13F2NO4/c1-3-19-11(17)6-9-4-8(7-16)5-10(12(9)18-2)20-13(14)15/h4-5,13H,3,6H2,1-2H3. The first-order chi connectivity index (χ1) is 9.51. The van der Waals surface area contributed by atoms with Crippen LogP contribution in [0.3, 0.4) is 0 Å². The van der Waals surface area contributed by atoms with Crippen molar-refractivity contribution < 1.29 is 27.8 Å². The molecule has 1 rings (SSSR count). The lowest BCUT2D eigenvalue weighted by Crippen LogP contribution is -2.10. The van der Waals surface area contributed by atoms with E-state index in [4.69, 9.17) is 14.7 Å². The second kappa shape index (κ2) is 7.28. The highest BCUT2D eigenvalue weighted by molar-refractivity contribution is 5.74. The van der Waals surface area contributed by atoms with Gasteiger partial charge in [-0.25, -0.2) is 0 Å². The van der Waals surface area contributed by atoms with Gasteiger partial charge in [-0.15, -0.1) is 0 Å². The van der Waals surface area contributed by atoms with Crippen molar-refractivity contribution in [2.75, 3.05) is 13.7 Å². The third-order valence-corrected chi connectivity index (χ3v) is 2.32. The average molecular weight is 285 g/mol. The molecule has 5 nitrogen and oxygen atoms in total. The normalized spacial score (nSPS) is 10.0. The van der Waals surface area contributed by atoms with Crippen LogP contribution in [0.5, 0.6) is 11.5 Å². The first-order valence-corrected chi connectivity index (χ1v) is 5.73. The Bertz CT molecular complexity index is 526. The molecule has 0 saturated carbocycles. The summed E-state index contributed by atoms with van der Waals surface area (Å²) < 4.78 is 38.7. The molecule has 1 aromatic carbocycles.